The third kappa shape index (κ3) is 9.86. The third-order valence-electron chi connectivity index (χ3n) is 14.2. The van der Waals surface area contributed by atoms with Gasteiger partial charge in [0.1, 0.15) is 11.8 Å². The summed E-state index contributed by atoms with van der Waals surface area (Å²) in [4.78, 5) is 63.2. The van der Waals surface area contributed by atoms with Crippen LogP contribution in [0.25, 0.3) is 21.7 Å². The Morgan fingerprint density at radius 2 is 1.61 bits per heavy atom. The summed E-state index contributed by atoms with van der Waals surface area (Å²) in [5.41, 5.74) is 13.7. The van der Waals surface area contributed by atoms with Crippen molar-refractivity contribution in [2.45, 2.75) is 115 Å². The van der Waals surface area contributed by atoms with Gasteiger partial charge in [0.15, 0.2) is 11.6 Å². The summed E-state index contributed by atoms with van der Waals surface area (Å²) in [5.74, 6) is 0.491. The molecule has 5 atom stereocenters. The molecule has 0 radical (unpaired) electrons. The molecule has 3 aliphatic heterocycles. The number of aromatic nitrogens is 5. The number of amides is 2. The number of β-amino-alcohol motifs (C(OH)–C–C–N with tert-alkyl or cyclic N) is 1. The van der Waals surface area contributed by atoms with Crippen LogP contribution < -0.4 is 26.2 Å². The summed E-state index contributed by atoms with van der Waals surface area (Å²) in [7, 11) is 0. The van der Waals surface area contributed by atoms with Crippen LogP contribution in [0.5, 0.6) is 5.75 Å². The van der Waals surface area contributed by atoms with Crippen LogP contribution in [-0.2, 0) is 20.9 Å². The number of nitrogens with one attached hydrogen (secondary N) is 2. The standard InChI is InChI=1S/C50H61N11O5S/c1-29-44(67-28-55-29)32-11-9-30(10-12-32)21-52-24-43(64)40-19-37(62)27-60(40)48(66)45(50(2,3)4)56-47(65)33-15-13-31(14-16-33)34-22-53-49(54-23-34)61-35-17-18-36(61)26-59(25-35)41-20-39(57-58-46(41)51)38-7-5-6-8-42(38)63/h5-12,20,22-23,28,31,33,35-37,40,45,52,62-63H,13-19,21,24-27H2,1-4H3,(H2,51,58)(H,56,65)/t31-,33+,35?,36?,37-,40+,45-/m1/s1. The number of nitrogen functional groups attached to an aromatic ring is 1. The van der Waals surface area contributed by atoms with Gasteiger partial charge in [0.25, 0.3) is 0 Å². The molecule has 4 aliphatic rings. The molecule has 4 fully saturated rings. The Morgan fingerprint density at radius 1 is 0.910 bits per heavy atom. The smallest absolute Gasteiger partial charge is 0.246 e. The fourth-order valence-electron chi connectivity index (χ4n) is 10.5. The Hall–Kier alpha value is -6.04. The Kier molecular flexibility index (Phi) is 13.3. The van der Waals surface area contributed by atoms with Gasteiger partial charge in [-0.25, -0.2) is 15.0 Å². The Bertz CT molecular complexity index is 2560. The van der Waals surface area contributed by atoms with Gasteiger partial charge in [0.2, 0.25) is 17.8 Å². The first-order chi connectivity index (χ1) is 32.2. The van der Waals surface area contributed by atoms with E-state index in [4.69, 9.17) is 15.7 Å². The fourth-order valence-corrected chi connectivity index (χ4v) is 11.3. The lowest BCUT2D eigenvalue weighted by Crippen LogP contribution is -2.58. The maximum absolute atomic E-state index is 14.3. The van der Waals surface area contributed by atoms with Crippen molar-refractivity contribution in [2.24, 2.45) is 11.3 Å². The summed E-state index contributed by atoms with van der Waals surface area (Å²) >= 11 is 1.60. The molecule has 0 spiro atoms. The summed E-state index contributed by atoms with van der Waals surface area (Å²) in [6.07, 6.45) is 8.14. The molecule has 1 saturated carbocycles. The summed E-state index contributed by atoms with van der Waals surface area (Å²) < 4.78 is 0. The number of aromatic hydroxyl groups is 1. The van der Waals surface area contributed by atoms with Crippen LogP contribution in [0, 0.1) is 18.3 Å². The number of anilines is 3. The van der Waals surface area contributed by atoms with Crippen molar-refractivity contribution in [3.8, 4) is 27.4 Å². The minimum absolute atomic E-state index is 0.0425. The van der Waals surface area contributed by atoms with E-state index in [9.17, 15) is 24.6 Å². The van der Waals surface area contributed by atoms with Gasteiger partial charge in [-0.3, -0.25) is 14.4 Å². The normalized spacial score (nSPS) is 23.3. The van der Waals surface area contributed by atoms with E-state index < -0.39 is 23.6 Å². The highest BCUT2D eigenvalue weighted by Crippen LogP contribution is 2.40. The van der Waals surface area contributed by atoms with Crippen LogP contribution in [0.2, 0.25) is 0 Å². The Labute approximate surface area is 395 Å². The van der Waals surface area contributed by atoms with Crippen LogP contribution >= 0.6 is 11.3 Å². The molecular weight excluding hydrogens is 867 g/mol. The van der Waals surface area contributed by atoms with Crippen molar-refractivity contribution in [3.63, 3.8) is 0 Å². The first-order valence-corrected chi connectivity index (χ1v) is 24.4. The van der Waals surface area contributed by atoms with Crippen LogP contribution in [0.4, 0.5) is 17.5 Å². The molecule has 2 unspecified atom stereocenters. The van der Waals surface area contributed by atoms with Crippen molar-refractivity contribution in [1.29, 1.82) is 0 Å². The number of benzene rings is 2. The van der Waals surface area contributed by atoms with Gasteiger partial charge in [-0.15, -0.1) is 21.5 Å². The topological polar surface area (TPSA) is 216 Å². The van der Waals surface area contributed by atoms with E-state index in [2.05, 4.69) is 47.7 Å². The van der Waals surface area contributed by atoms with Crippen molar-refractivity contribution in [3.05, 3.63) is 89.3 Å². The lowest BCUT2D eigenvalue weighted by atomic mass is 9.78. The summed E-state index contributed by atoms with van der Waals surface area (Å²) in [6, 6.07) is 15.9. The number of aliphatic hydroxyl groups excluding tert-OH is 1. The van der Waals surface area contributed by atoms with Crippen LogP contribution in [-0.4, -0.2) is 114 Å². The molecule has 2 amide bonds. The van der Waals surface area contributed by atoms with Crippen molar-refractivity contribution in [2.75, 3.05) is 41.7 Å². The number of carbonyl (C=O) groups is 3. The number of piperazine rings is 1. The van der Waals surface area contributed by atoms with Gasteiger partial charge in [-0.05, 0) is 91.7 Å². The van der Waals surface area contributed by atoms with E-state index in [1.54, 1.807) is 23.5 Å². The Balaban J connectivity index is 0.769. The monoisotopic (exact) mass is 927 g/mol. The number of aryl methyl sites for hydroxylation is 1. The number of rotatable bonds is 13. The molecule has 67 heavy (non-hydrogen) atoms. The number of Topliss-reactive ketones (excluding diaryl/α,β-unsaturated/α-hetero) is 1. The molecule has 5 aromatic rings. The van der Waals surface area contributed by atoms with Crippen LogP contribution in [0.3, 0.4) is 0 Å². The molecule has 3 aromatic heterocycles. The molecule has 2 bridgehead atoms. The van der Waals surface area contributed by atoms with Crippen molar-refractivity contribution in [1.82, 2.24) is 40.7 Å². The zero-order valence-corrected chi connectivity index (χ0v) is 39.5. The maximum atomic E-state index is 14.3. The lowest BCUT2D eigenvalue weighted by Gasteiger charge is -2.42. The zero-order chi connectivity index (χ0) is 47.0. The van der Waals surface area contributed by atoms with Crippen LogP contribution in [0.15, 0.2) is 72.5 Å². The number of para-hydroxylation sites is 1. The largest absolute Gasteiger partial charge is 0.507 e. The highest BCUT2D eigenvalue weighted by molar-refractivity contribution is 7.13. The lowest BCUT2D eigenvalue weighted by molar-refractivity contribution is -0.144. The molecule has 352 valence electrons. The maximum Gasteiger partial charge on any atom is 0.246 e. The fraction of sp³-hybridized carbons (Fsp3) is 0.480. The predicted molar refractivity (Wildman–Crippen MR) is 258 cm³/mol. The van der Waals surface area contributed by atoms with Crippen LogP contribution in [0.1, 0.15) is 88.5 Å². The average molecular weight is 928 g/mol. The van der Waals surface area contributed by atoms with E-state index in [0.717, 1.165) is 71.7 Å². The molecule has 1 aliphatic carbocycles. The molecule has 17 heteroatoms. The van der Waals surface area contributed by atoms with Gasteiger partial charge in [0.05, 0.1) is 46.2 Å². The molecule has 6 heterocycles. The number of likely N-dealkylation sites (tertiary alicyclic amines) is 1. The number of hydrogen-bond acceptors (Lipinski definition) is 15. The van der Waals surface area contributed by atoms with Gasteiger partial charge in [-0.2, -0.15) is 0 Å². The highest BCUT2D eigenvalue weighted by Gasteiger charge is 2.45. The first kappa shape index (κ1) is 46.1. The van der Waals surface area contributed by atoms with E-state index in [1.165, 1.54) is 4.90 Å². The second-order valence-electron chi connectivity index (χ2n) is 19.8. The van der Waals surface area contributed by atoms with Crippen molar-refractivity contribution < 1.29 is 24.6 Å². The molecular formula is C50H61N11O5S. The second-order valence-corrected chi connectivity index (χ2v) is 20.7. The predicted octanol–water partition coefficient (Wildman–Crippen LogP) is 5.64. The minimum Gasteiger partial charge on any atom is -0.507 e. The van der Waals surface area contributed by atoms with Gasteiger partial charge >= 0.3 is 0 Å². The van der Waals surface area contributed by atoms with E-state index >= 15 is 0 Å². The zero-order valence-electron chi connectivity index (χ0n) is 38.6. The molecule has 6 N–H and O–H groups in total. The molecule has 16 nitrogen and oxygen atoms in total. The van der Waals surface area contributed by atoms with Gasteiger partial charge < -0.3 is 41.3 Å². The summed E-state index contributed by atoms with van der Waals surface area (Å²) in [5, 5.41) is 36.0. The number of phenolic OH excluding ortho intramolecular Hbond substituents is 1. The minimum atomic E-state index is -0.870. The average Bonchev–Trinajstić information content (AvgIpc) is 4.02. The number of nitrogens with two attached hydrogens (primary N) is 1. The van der Waals surface area contributed by atoms with Crippen molar-refractivity contribution >= 4 is 46.4 Å². The van der Waals surface area contributed by atoms with E-state index in [-0.39, 0.29) is 66.8 Å². The molecule has 2 aromatic carbocycles. The quantitative estimate of drug-likeness (QED) is 0.0967. The van der Waals surface area contributed by atoms with E-state index in [1.807, 2.05) is 75.9 Å². The SMILES string of the molecule is Cc1ncsc1-c1ccc(CNCC(=O)[C@@H]2C[C@@H](O)CN2C(=O)[C@@H](NC(=O)[C@H]2CC[C@@H](c3cnc(N4C5CCC4CN(c4cc(-c6ccccc6O)nnc4N)C5)nc3)CC2)C(C)(C)C)cc1. The first-order valence-electron chi connectivity index (χ1n) is 23.5. The number of nitrogens with zero attached hydrogens (tertiary/aromatic N) is 8. The number of ketones is 1. The second kappa shape index (κ2) is 19.3. The van der Waals surface area contributed by atoms with Gasteiger partial charge in [-0.1, -0.05) is 57.2 Å². The number of aliphatic hydroxyl groups is 1. The molecule has 3 saturated heterocycles. The van der Waals surface area contributed by atoms with Gasteiger partial charge in [0, 0.05) is 68.6 Å². The number of carbonyl (C=O) groups excluding carboxylic acids is 3. The number of thiazole rings is 1. The Morgan fingerprint density at radius 3 is 2.27 bits per heavy atom. The summed E-state index contributed by atoms with van der Waals surface area (Å²) in [6.45, 7) is 9.76. The highest BCUT2D eigenvalue weighted by atomic mass is 32.1. The molecule has 9 rings (SSSR count). The number of phenols is 1. The number of fused-ring (bicyclic) bond motifs is 2. The number of hydrogen-bond donors (Lipinski definition) is 5. The van der Waals surface area contributed by atoms with E-state index in [0.29, 0.717) is 42.4 Å². The third-order valence-corrected chi connectivity index (χ3v) is 15.2.